The number of carbonyl (C=O) groups is 1. The highest BCUT2D eigenvalue weighted by atomic mass is 16.6. The van der Waals surface area contributed by atoms with E-state index in [1.807, 2.05) is 42.5 Å². The lowest BCUT2D eigenvalue weighted by Gasteiger charge is -2.32. The molecule has 0 radical (unpaired) electrons. The van der Waals surface area contributed by atoms with E-state index in [0.717, 1.165) is 63.4 Å². The summed E-state index contributed by atoms with van der Waals surface area (Å²) in [5.74, 6) is -0.315. The lowest BCUT2D eigenvalue weighted by atomic mass is 9.79. The molecule has 0 amide bonds. The van der Waals surface area contributed by atoms with Gasteiger partial charge in [-0.25, -0.2) is 4.79 Å². The minimum Gasteiger partial charge on any atom is -0.439 e. The SMILES string of the molecule is CCN(CC)c1ccc(C2(c3c(-c4ccccc4)c(-c4ccccc4)c4ccccn34)OC(=O)c3ccccc32)cc1. The van der Waals surface area contributed by atoms with Crippen molar-refractivity contribution in [1.82, 2.24) is 4.40 Å². The van der Waals surface area contributed by atoms with Crippen molar-refractivity contribution in [3.05, 3.63) is 156 Å². The van der Waals surface area contributed by atoms with Crippen molar-refractivity contribution in [2.75, 3.05) is 18.0 Å². The molecule has 0 spiro atoms. The molecule has 7 rings (SSSR count). The largest absolute Gasteiger partial charge is 0.439 e. The van der Waals surface area contributed by atoms with Crippen molar-refractivity contribution in [1.29, 1.82) is 0 Å². The summed E-state index contributed by atoms with van der Waals surface area (Å²) in [5.41, 5.74) is 8.63. The van der Waals surface area contributed by atoms with E-state index in [1.54, 1.807) is 0 Å². The van der Waals surface area contributed by atoms with Crippen LogP contribution < -0.4 is 4.90 Å². The third-order valence-corrected chi connectivity index (χ3v) is 8.48. The summed E-state index contributed by atoms with van der Waals surface area (Å²) in [6, 6.07) is 43.6. The van der Waals surface area contributed by atoms with E-state index in [2.05, 4.69) is 114 Å². The number of aromatic nitrogens is 1. The van der Waals surface area contributed by atoms with Crippen LogP contribution in [-0.4, -0.2) is 23.5 Å². The number of rotatable bonds is 7. The van der Waals surface area contributed by atoms with Gasteiger partial charge in [-0.1, -0.05) is 97.1 Å². The number of pyridine rings is 1. The second kappa shape index (κ2) is 10.4. The van der Waals surface area contributed by atoms with Crippen molar-refractivity contribution >= 4 is 17.2 Å². The third kappa shape index (κ3) is 3.87. The lowest BCUT2D eigenvalue weighted by molar-refractivity contribution is 0.0238. The van der Waals surface area contributed by atoms with Crippen LogP contribution in [0, 0.1) is 0 Å². The Morgan fingerprint density at radius 2 is 1.26 bits per heavy atom. The van der Waals surface area contributed by atoms with Gasteiger partial charge in [-0.2, -0.15) is 0 Å². The Morgan fingerprint density at radius 1 is 0.667 bits per heavy atom. The summed E-state index contributed by atoms with van der Waals surface area (Å²) >= 11 is 0. The van der Waals surface area contributed by atoms with Crippen LogP contribution in [0.5, 0.6) is 0 Å². The molecule has 4 aromatic carbocycles. The van der Waals surface area contributed by atoms with E-state index in [-0.39, 0.29) is 5.97 Å². The molecule has 0 N–H and O–H groups in total. The van der Waals surface area contributed by atoms with Gasteiger partial charge in [0.05, 0.1) is 16.8 Å². The van der Waals surface area contributed by atoms with Crippen LogP contribution >= 0.6 is 0 Å². The molecule has 0 bridgehead atoms. The number of esters is 1. The number of hydrogen-bond acceptors (Lipinski definition) is 3. The highest BCUT2D eigenvalue weighted by Crippen LogP contribution is 2.53. The van der Waals surface area contributed by atoms with E-state index in [1.165, 1.54) is 0 Å². The Bertz CT molecular complexity index is 1890. The average molecular weight is 549 g/mol. The van der Waals surface area contributed by atoms with Crippen molar-refractivity contribution in [3.8, 4) is 22.3 Å². The molecule has 2 aromatic heterocycles. The fraction of sp³-hybridized carbons (Fsp3) is 0.132. The van der Waals surface area contributed by atoms with Crippen LogP contribution in [0.4, 0.5) is 5.69 Å². The lowest BCUT2D eigenvalue weighted by Crippen LogP contribution is -2.32. The van der Waals surface area contributed by atoms with Gasteiger partial charge in [0.1, 0.15) is 0 Å². The Balaban J connectivity index is 1.63. The van der Waals surface area contributed by atoms with E-state index in [9.17, 15) is 4.79 Å². The van der Waals surface area contributed by atoms with Crippen LogP contribution in [0.1, 0.15) is 41.0 Å². The van der Waals surface area contributed by atoms with Gasteiger partial charge in [-0.15, -0.1) is 0 Å². The van der Waals surface area contributed by atoms with Crippen molar-refractivity contribution in [2.45, 2.75) is 19.4 Å². The van der Waals surface area contributed by atoms with Gasteiger partial charge in [0, 0.05) is 47.2 Å². The Hall–Kier alpha value is -5.09. The Kier molecular flexibility index (Phi) is 6.39. The molecule has 1 aliphatic heterocycles. The molecule has 42 heavy (non-hydrogen) atoms. The maximum Gasteiger partial charge on any atom is 0.340 e. The van der Waals surface area contributed by atoms with Crippen molar-refractivity contribution < 1.29 is 9.53 Å². The standard InChI is InChI=1S/C38H32N2O2/c1-3-39(4-2)30-24-22-29(23-25-30)38(32-20-12-11-19-31(32)37(41)42-38)36-35(28-17-9-6-10-18-28)34(27-15-7-5-8-16-27)33-21-13-14-26-40(33)36/h5-26H,3-4H2,1-2H3. The molecule has 0 saturated heterocycles. The predicted octanol–water partition coefficient (Wildman–Crippen LogP) is 8.58. The van der Waals surface area contributed by atoms with E-state index < -0.39 is 5.60 Å². The van der Waals surface area contributed by atoms with Crippen molar-refractivity contribution in [3.63, 3.8) is 0 Å². The van der Waals surface area contributed by atoms with Gasteiger partial charge in [0.25, 0.3) is 0 Å². The summed E-state index contributed by atoms with van der Waals surface area (Å²) < 4.78 is 8.91. The number of nitrogens with zero attached hydrogens (tertiary/aromatic N) is 2. The normalized spacial score (nSPS) is 15.9. The number of carbonyl (C=O) groups excluding carboxylic acids is 1. The highest BCUT2D eigenvalue weighted by Gasteiger charge is 2.52. The van der Waals surface area contributed by atoms with Crippen LogP contribution in [0.2, 0.25) is 0 Å². The quantitative estimate of drug-likeness (QED) is 0.187. The summed E-state index contributed by atoms with van der Waals surface area (Å²) in [6.45, 7) is 6.16. The first-order valence-corrected chi connectivity index (χ1v) is 14.6. The number of cyclic esters (lactones) is 1. The molecule has 0 saturated carbocycles. The number of ether oxygens (including phenoxy) is 1. The monoisotopic (exact) mass is 548 g/mol. The molecule has 0 fully saturated rings. The van der Waals surface area contributed by atoms with Crippen LogP contribution in [-0.2, 0) is 10.3 Å². The van der Waals surface area contributed by atoms with Gasteiger partial charge < -0.3 is 14.0 Å². The fourth-order valence-electron chi connectivity index (χ4n) is 6.58. The number of benzene rings is 4. The van der Waals surface area contributed by atoms with E-state index in [4.69, 9.17) is 4.74 Å². The van der Waals surface area contributed by atoms with Crippen LogP contribution in [0.25, 0.3) is 27.8 Å². The molecular formula is C38H32N2O2. The van der Waals surface area contributed by atoms with Gasteiger partial charge in [0.15, 0.2) is 0 Å². The second-order valence-corrected chi connectivity index (χ2v) is 10.6. The maximum atomic E-state index is 13.7. The van der Waals surface area contributed by atoms with E-state index >= 15 is 0 Å². The summed E-state index contributed by atoms with van der Waals surface area (Å²) in [6.07, 6.45) is 2.09. The Morgan fingerprint density at radius 3 is 1.93 bits per heavy atom. The van der Waals surface area contributed by atoms with Crippen molar-refractivity contribution in [2.24, 2.45) is 0 Å². The van der Waals surface area contributed by atoms with E-state index in [0.29, 0.717) is 5.56 Å². The van der Waals surface area contributed by atoms with Gasteiger partial charge >= 0.3 is 5.97 Å². The fourth-order valence-corrected chi connectivity index (χ4v) is 6.58. The number of anilines is 1. The first kappa shape index (κ1) is 25.8. The maximum absolute atomic E-state index is 13.7. The molecule has 4 heteroatoms. The molecule has 6 aromatic rings. The smallest absolute Gasteiger partial charge is 0.340 e. The third-order valence-electron chi connectivity index (χ3n) is 8.48. The second-order valence-electron chi connectivity index (χ2n) is 10.6. The zero-order chi connectivity index (χ0) is 28.7. The first-order chi connectivity index (χ1) is 20.7. The first-order valence-electron chi connectivity index (χ1n) is 14.6. The highest BCUT2D eigenvalue weighted by molar-refractivity contribution is 6.01. The molecule has 4 nitrogen and oxygen atoms in total. The Labute approximate surface area is 246 Å². The average Bonchev–Trinajstić information content (AvgIpc) is 3.56. The zero-order valence-electron chi connectivity index (χ0n) is 23.8. The number of hydrogen-bond donors (Lipinski definition) is 0. The van der Waals surface area contributed by atoms with Gasteiger partial charge in [0.2, 0.25) is 5.60 Å². The number of fused-ring (bicyclic) bond motifs is 2. The predicted molar refractivity (Wildman–Crippen MR) is 170 cm³/mol. The summed E-state index contributed by atoms with van der Waals surface area (Å²) in [5, 5.41) is 0. The summed E-state index contributed by atoms with van der Waals surface area (Å²) in [7, 11) is 0. The molecule has 3 heterocycles. The minimum absolute atomic E-state index is 0.315. The minimum atomic E-state index is -1.17. The molecule has 206 valence electrons. The van der Waals surface area contributed by atoms with Crippen LogP contribution in [0.15, 0.2) is 134 Å². The molecule has 0 aliphatic carbocycles. The topological polar surface area (TPSA) is 34.0 Å². The molecule has 1 aliphatic rings. The molecule has 1 unspecified atom stereocenters. The molecular weight excluding hydrogens is 516 g/mol. The zero-order valence-corrected chi connectivity index (χ0v) is 23.8. The molecule has 1 atom stereocenters. The van der Waals surface area contributed by atoms with Gasteiger partial charge in [-0.3, -0.25) is 0 Å². The van der Waals surface area contributed by atoms with Crippen LogP contribution in [0.3, 0.4) is 0 Å². The van der Waals surface area contributed by atoms with Gasteiger partial charge in [-0.05, 0) is 55.3 Å². The summed E-state index contributed by atoms with van der Waals surface area (Å²) in [4.78, 5) is 16.0.